The summed E-state index contributed by atoms with van der Waals surface area (Å²) in [5.74, 6) is -0.0164. The highest BCUT2D eigenvalue weighted by Gasteiger charge is 2.08. The maximum atomic E-state index is 11.7. The molecule has 21 heavy (non-hydrogen) atoms. The molecule has 1 aromatic rings. The van der Waals surface area contributed by atoms with E-state index in [0.717, 1.165) is 5.56 Å². The molecule has 116 valence electrons. The first-order chi connectivity index (χ1) is 9.93. The van der Waals surface area contributed by atoms with Gasteiger partial charge in [0.2, 0.25) is 0 Å². The van der Waals surface area contributed by atoms with Crippen molar-refractivity contribution in [3.8, 4) is 0 Å². The van der Waals surface area contributed by atoms with E-state index in [1.807, 2.05) is 19.1 Å². The standard InChI is InChI=1S/C15H23N3O3/c1-11(10-19)8-16-15(21)17-9-12-4-6-13(7-5-12)14(20)18(2)3/h4-7,11,19H,8-10H2,1-3H3,(H2,16,17,21). The lowest BCUT2D eigenvalue weighted by atomic mass is 10.1. The molecule has 1 aromatic carbocycles. The molecule has 0 heterocycles. The number of urea groups is 1. The summed E-state index contributed by atoms with van der Waals surface area (Å²) in [5.41, 5.74) is 1.53. The largest absolute Gasteiger partial charge is 0.396 e. The maximum absolute atomic E-state index is 11.7. The first kappa shape index (κ1) is 17.0. The van der Waals surface area contributed by atoms with E-state index >= 15 is 0 Å². The summed E-state index contributed by atoms with van der Waals surface area (Å²) in [6.45, 7) is 2.71. The van der Waals surface area contributed by atoms with Crippen LogP contribution in [0.1, 0.15) is 22.8 Å². The molecule has 0 spiro atoms. The van der Waals surface area contributed by atoms with Gasteiger partial charge in [-0.05, 0) is 23.6 Å². The van der Waals surface area contributed by atoms with Gasteiger partial charge >= 0.3 is 6.03 Å². The van der Waals surface area contributed by atoms with Gasteiger partial charge in [-0.1, -0.05) is 19.1 Å². The Bertz CT molecular complexity index is 472. The predicted molar refractivity (Wildman–Crippen MR) is 80.9 cm³/mol. The Hall–Kier alpha value is -2.08. The molecule has 6 nitrogen and oxygen atoms in total. The molecule has 3 amide bonds. The number of hydrogen-bond donors (Lipinski definition) is 3. The highest BCUT2D eigenvalue weighted by atomic mass is 16.3. The number of benzene rings is 1. The van der Waals surface area contributed by atoms with Gasteiger partial charge in [0.1, 0.15) is 0 Å². The van der Waals surface area contributed by atoms with Crippen LogP contribution in [0, 0.1) is 5.92 Å². The summed E-state index contributed by atoms with van der Waals surface area (Å²) < 4.78 is 0. The van der Waals surface area contributed by atoms with Crippen molar-refractivity contribution in [2.75, 3.05) is 27.2 Å². The van der Waals surface area contributed by atoms with Crippen LogP contribution in [-0.2, 0) is 6.54 Å². The van der Waals surface area contributed by atoms with E-state index in [2.05, 4.69) is 10.6 Å². The molecule has 0 aliphatic carbocycles. The average molecular weight is 293 g/mol. The Morgan fingerprint density at radius 3 is 2.33 bits per heavy atom. The Morgan fingerprint density at radius 2 is 1.81 bits per heavy atom. The number of aliphatic hydroxyl groups is 1. The average Bonchev–Trinajstić information content (AvgIpc) is 2.50. The minimum absolute atomic E-state index is 0.0343. The zero-order chi connectivity index (χ0) is 15.8. The molecule has 0 aliphatic rings. The summed E-state index contributed by atoms with van der Waals surface area (Å²) in [7, 11) is 3.41. The van der Waals surface area contributed by atoms with E-state index in [1.54, 1.807) is 26.2 Å². The third-order valence-electron chi connectivity index (χ3n) is 2.98. The van der Waals surface area contributed by atoms with Crippen LogP contribution >= 0.6 is 0 Å². The van der Waals surface area contributed by atoms with Crippen LogP contribution < -0.4 is 10.6 Å². The zero-order valence-corrected chi connectivity index (χ0v) is 12.7. The lowest BCUT2D eigenvalue weighted by Gasteiger charge is -2.12. The SMILES string of the molecule is CC(CO)CNC(=O)NCc1ccc(C(=O)N(C)C)cc1. The second-order valence-corrected chi connectivity index (χ2v) is 5.25. The van der Waals surface area contributed by atoms with Crippen LogP contribution in [0.4, 0.5) is 4.79 Å². The van der Waals surface area contributed by atoms with Gasteiger partial charge in [0.15, 0.2) is 0 Å². The normalized spacial score (nSPS) is 11.6. The van der Waals surface area contributed by atoms with Gasteiger partial charge in [-0.3, -0.25) is 4.79 Å². The van der Waals surface area contributed by atoms with E-state index in [0.29, 0.717) is 18.7 Å². The summed E-state index contributed by atoms with van der Waals surface area (Å²) >= 11 is 0. The van der Waals surface area contributed by atoms with Gasteiger partial charge in [0.25, 0.3) is 5.91 Å². The molecule has 3 N–H and O–H groups in total. The van der Waals surface area contributed by atoms with Gasteiger partial charge in [0, 0.05) is 39.4 Å². The smallest absolute Gasteiger partial charge is 0.315 e. The van der Waals surface area contributed by atoms with E-state index in [-0.39, 0.29) is 24.5 Å². The molecule has 1 rings (SSSR count). The van der Waals surface area contributed by atoms with Crippen LogP contribution in [0.5, 0.6) is 0 Å². The summed E-state index contributed by atoms with van der Waals surface area (Å²) in [6, 6.07) is 6.83. The van der Waals surface area contributed by atoms with Gasteiger partial charge in [-0.25, -0.2) is 4.79 Å². The molecule has 0 aliphatic heterocycles. The Morgan fingerprint density at radius 1 is 1.19 bits per heavy atom. The van der Waals surface area contributed by atoms with Crippen LogP contribution in [-0.4, -0.2) is 49.2 Å². The molecule has 0 saturated heterocycles. The Balaban J connectivity index is 2.42. The molecular formula is C15H23N3O3. The van der Waals surface area contributed by atoms with Gasteiger partial charge in [-0.2, -0.15) is 0 Å². The van der Waals surface area contributed by atoms with Gasteiger partial charge in [0.05, 0.1) is 0 Å². The molecule has 0 saturated carbocycles. The second-order valence-electron chi connectivity index (χ2n) is 5.25. The molecule has 1 unspecified atom stereocenters. The number of nitrogens with zero attached hydrogens (tertiary/aromatic N) is 1. The third kappa shape index (κ3) is 5.83. The molecule has 0 aromatic heterocycles. The van der Waals surface area contributed by atoms with Crippen molar-refractivity contribution in [3.05, 3.63) is 35.4 Å². The zero-order valence-electron chi connectivity index (χ0n) is 12.7. The molecule has 0 radical (unpaired) electrons. The second kappa shape index (κ2) is 8.26. The number of hydrogen-bond acceptors (Lipinski definition) is 3. The van der Waals surface area contributed by atoms with Gasteiger partial charge in [-0.15, -0.1) is 0 Å². The van der Waals surface area contributed by atoms with Crippen molar-refractivity contribution in [1.29, 1.82) is 0 Å². The number of nitrogens with one attached hydrogen (secondary N) is 2. The fourth-order valence-corrected chi connectivity index (χ4v) is 1.60. The first-order valence-corrected chi connectivity index (χ1v) is 6.87. The number of amides is 3. The quantitative estimate of drug-likeness (QED) is 0.726. The van der Waals surface area contributed by atoms with Crippen LogP contribution in [0.2, 0.25) is 0 Å². The topological polar surface area (TPSA) is 81.7 Å². The number of carbonyl (C=O) groups excluding carboxylic acids is 2. The highest BCUT2D eigenvalue weighted by Crippen LogP contribution is 2.06. The summed E-state index contributed by atoms with van der Waals surface area (Å²) in [4.78, 5) is 24.8. The molecule has 1 atom stereocenters. The van der Waals surface area contributed by atoms with Crippen LogP contribution in [0.3, 0.4) is 0 Å². The number of carbonyl (C=O) groups is 2. The van der Waals surface area contributed by atoms with Crippen LogP contribution in [0.15, 0.2) is 24.3 Å². The van der Waals surface area contributed by atoms with E-state index < -0.39 is 0 Å². The fourth-order valence-electron chi connectivity index (χ4n) is 1.60. The molecule has 6 heteroatoms. The summed E-state index contributed by atoms with van der Waals surface area (Å²) in [5, 5.41) is 14.3. The molecular weight excluding hydrogens is 270 g/mol. The van der Waals surface area contributed by atoms with Crippen molar-refractivity contribution in [1.82, 2.24) is 15.5 Å². The lowest BCUT2D eigenvalue weighted by Crippen LogP contribution is -2.38. The Labute approximate surface area is 125 Å². The first-order valence-electron chi connectivity index (χ1n) is 6.87. The van der Waals surface area contributed by atoms with Crippen molar-refractivity contribution in [2.45, 2.75) is 13.5 Å². The van der Waals surface area contributed by atoms with Crippen molar-refractivity contribution in [2.24, 2.45) is 5.92 Å². The van der Waals surface area contributed by atoms with Gasteiger partial charge < -0.3 is 20.6 Å². The summed E-state index contributed by atoms with van der Waals surface area (Å²) in [6.07, 6.45) is 0. The third-order valence-corrected chi connectivity index (χ3v) is 2.98. The Kier molecular flexibility index (Phi) is 6.68. The maximum Gasteiger partial charge on any atom is 0.315 e. The van der Waals surface area contributed by atoms with Crippen LogP contribution in [0.25, 0.3) is 0 Å². The number of aliphatic hydroxyl groups excluding tert-OH is 1. The van der Waals surface area contributed by atoms with E-state index in [1.165, 1.54) is 4.90 Å². The monoisotopic (exact) mass is 293 g/mol. The molecule has 0 bridgehead atoms. The van der Waals surface area contributed by atoms with Crippen molar-refractivity contribution >= 4 is 11.9 Å². The predicted octanol–water partition coefficient (Wildman–Crippen LogP) is 0.816. The number of rotatable bonds is 6. The highest BCUT2D eigenvalue weighted by molar-refractivity contribution is 5.93. The fraction of sp³-hybridized carbons (Fsp3) is 0.467. The molecule has 0 fully saturated rings. The van der Waals surface area contributed by atoms with E-state index in [4.69, 9.17) is 5.11 Å². The van der Waals surface area contributed by atoms with E-state index in [9.17, 15) is 9.59 Å². The van der Waals surface area contributed by atoms with Crippen molar-refractivity contribution < 1.29 is 14.7 Å². The minimum Gasteiger partial charge on any atom is -0.396 e. The van der Waals surface area contributed by atoms with Crippen molar-refractivity contribution in [3.63, 3.8) is 0 Å². The lowest BCUT2D eigenvalue weighted by molar-refractivity contribution is 0.0827. The minimum atomic E-state index is -0.274.